The van der Waals surface area contributed by atoms with Gasteiger partial charge in [0.05, 0.1) is 0 Å². The van der Waals surface area contributed by atoms with Crippen LogP contribution in [-0.4, -0.2) is 52.5 Å². The maximum absolute atomic E-state index is 12.2. The van der Waals surface area contributed by atoms with Gasteiger partial charge in [-0.2, -0.15) is 0 Å². The number of amides is 3. The topological polar surface area (TPSA) is 176 Å². The minimum atomic E-state index is -1.14. The van der Waals surface area contributed by atoms with E-state index in [0.29, 0.717) is 19.4 Å². The van der Waals surface area contributed by atoms with Gasteiger partial charge in [-0.15, -0.1) is 0 Å². The number of nitrogens with one attached hydrogen (secondary N) is 2. The van der Waals surface area contributed by atoms with Gasteiger partial charge in [0, 0.05) is 31.7 Å². The van der Waals surface area contributed by atoms with Crippen LogP contribution in [-0.2, 0) is 24.0 Å². The molecule has 3 amide bonds. The Kier molecular flexibility index (Phi) is 23.6. The molecular weight excluding hydrogens is 514 g/mol. The fraction of sp³-hybridized carbons (Fsp3) is 0.833. The van der Waals surface area contributed by atoms with Crippen molar-refractivity contribution in [1.82, 2.24) is 10.6 Å². The third-order valence-corrected chi connectivity index (χ3v) is 7.21. The number of nitrogens with two attached hydrogens (primary N) is 1. The van der Waals surface area contributed by atoms with Crippen molar-refractivity contribution in [2.24, 2.45) is 11.7 Å². The van der Waals surface area contributed by atoms with Gasteiger partial charge in [0.2, 0.25) is 17.7 Å². The number of hydrogen-bond donors (Lipinski definition) is 5. The van der Waals surface area contributed by atoms with Crippen molar-refractivity contribution in [2.45, 2.75) is 148 Å². The summed E-state index contributed by atoms with van der Waals surface area (Å²) in [5.74, 6) is -2.92. The summed E-state index contributed by atoms with van der Waals surface area (Å²) >= 11 is 0. The van der Waals surface area contributed by atoms with Gasteiger partial charge in [-0.3, -0.25) is 19.2 Å². The Bertz CT molecular complexity index is 730. The molecule has 0 aromatic heterocycles. The Morgan fingerprint density at radius 3 is 1.52 bits per heavy atom. The van der Waals surface area contributed by atoms with Crippen LogP contribution in [0.3, 0.4) is 0 Å². The second-order valence-corrected chi connectivity index (χ2v) is 11.0. The fourth-order valence-corrected chi connectivity index (χ4v) is 4.52. The first-order valence-corrected chi connectivity index (χ1v) is 15.4. The minimum absolute atomic E-state index is 0.0174. The largest absolute Gasteiger partial charge is 0.481 e. The van der Waals surface area contributed by atoms with E-state index < -0.39 is 18.0 Å². The standard InChI is InChI=1S/C30H55N3O7/c1-24(29(31)38)18-16-17-23-32-26(34)22-21-25(30(39)40)33-27(35)19-14-12-10-8-6-4-2-3-5-7-9-11-13-15-20-28(36)37/h24-25H,2-23H2,1H3,(H2,31,38)(H,32,34)(H,33,35)(H,36,37)(H,39,40). The molecule has 0 bridgehead atoms. The van der Waals surface area contributed by atoms with E-state index in [4.69, 9.17) is 10.8 Å². The molecule has 232 valence electrons. The highest BCUT2D eigenvalue weighted by atomic mass is 16.4. The van der Waals surface area contributed by atoms with Gasteiger partial charge in [-0.25, -0.2) is 4.79 Å². The predicted molar refractivity (Wildman–Crippen MR) is 156 cm³/mol. The molecule has 0 fully saturated rings. The van der Waals surface area contributed by atoms with E-state index >= 15 is 0 Å². The molecule has 2 unspecified atom stereocenters. The van der Waals surface area contributed by atoms with E-state index in [1.54, 1.807) is 6.92 Å². The average Bonchev–Trinajstić information content (AvgIpc) is 2.89. The number of aliphatic carboxylic acids is 2. The zero-order valence-electron chi connectivity index (χ0n) is 24.7. The van der Waals surface area contributed by atoms with Crippen molar-refractivity contribution in [1.29, 1.82) is 0 Å². The maximum atomic E-state index is 12.2. The lowest BCUT2D eigenvalue weighted by Gasteiger charge is -2.14. The number of carbonyl (C=O) groups is 5. The number of hydrogen-bond acceptors (Lipinski definition) is 5. The van der Waals surface area contributed by atoms with Gasteiger partial charge in [-0.1, -0.05) is 90.4 Å². The third kappa shape index (κ3) is 24.4. The molecule has 0 radical (unpaired) electrons. The monoisotopic (exact) mass is 569 g/mol. The van der Waals surface area contributed by atoms with E-state index in [1.165, 1.54) is 44.9 Å². The second-order valence-electron chi connectivity index (χ2n) is 11.0. The maximum Gasteiger partial charge on any atom is 0.326 e. The summed E-state index contributed by atoms with van der Waals surface area (Å²) in [6, 6.07) is -1.08. The van der Waals surface area contributed by atoms with Gasteiger partial charge >= 0.3 is 11.9 Å². The number of carbonyl (C=O) groups excluding carboxylic acids is 3. The van der Waals surface area contributed by atoms with Gasteiger partial charge < -0.3 is 26.6 Å². The Balaban J connectivity index is 3.69. The molecule has 0 aromatic rings. The average molecular weight is 570 g/mol. The highest BCUT2D eigenvalue weighted by Gasteiger charge is 2.20. The molecule has 40 heavy (non-hydrogen) atoms. The highest BCUT2D eigenvalue weighted by Crippen LogP contribution is 2.14. The van der Waals surface area contributed by atoms with Crippen LogP contribution in [0.4, 0.5) is 0 Å². The molecule has 10 nitrogen and oxygen atoms in total. The van der Waals surface area contributed by atoms with Crippen molar-refractivity contribution in [3.05, 3.63) is 0 Å². The van der Waals surface area contributed by atoms with Crippen molar-refractivity contribution in [2.75, 3.05) is 6.54 Å². The molecule has 0 saturated carbocycles. The van der Waals surface area contributed by atoms with Crippen LogP contribution in [0.2, 0.25) is 0 Å². The van der Waals surface area contributed by atoms with Crippen molar-refractivity contribution >= 4 is 29.7 Å². The van der Waals surface area contributed by atoms with Crippen LogP contribution in [0.1, 0.15) is 142 Å². The van der Waals surface area contributed by atoms with Crippen LogP contribution in [0.25, 0.3) is 0 Å². The number of rotatable bonds is 28. The minimum Gasteiger partial charge on any atom is -0.481 e. The quantitative estimate of drug-likeness (QED) is 0.0817. The van der Waals surface area contributed by atoms with Gasteiger partial charge in [-0.05, 0) is 32.1 Å². The van der Waals surface area contributed by atoms with Crippen LogP contribution in [0, 0.1) is 5.92 Å². The van der Waals surface area contributed by atoms with E-state index in [-0.39, 0.29) is 49.3 Å². The summed E-state index contributed by atoms with van der Waals surface area (Å²) in [6.07, 6.45) is 18.1. The normalized spacial score (nSPS) is 12.4. The lowest BCUT2D eigenvalue weighted by Crippen LogP contribution is -2.41. The Morgan fingerprint density at radius 2 is 1.07 bits per heavy atom. The van der Waals surface area contributed by atoms with Crippen LogP contribution < -0.4 is 16.4 Å². The van der Waals surface area contributed by atoms with E-state index in [2.05, 4.69) is 10.6 Å². The molecule has 2 atom stereocenters. The summed E-state index contributed by atoms with van der Waals surface area (Å²) in [5, 5.41) is 23.3. The number of primary amides is 1. The summed E-state index contributed by atoms with van der Waals surface area (Å²) in [7, 11) is 0. The van der Waals surface area contributed by atoms with Gasteiger partial charge in [0.1, 0.15) is 6.04 Å². The lowest BCUT2D eigenvalue weighted by atomic mass is 10.0. The van der Waals surface area contributed by atoms with E-state index in [1.807, 2.05) is 0 Å². The fourth-order valence-electron chi connectivity index (χ4n) is 4.52. The Labute approximate surface area is 240 Å². The number of carboxylic acids is 2. The Hall–Kier alpha value is -2.65. The highest BCUT2D eigenvalue weighted by molar-refractivity contribution is 5.84. The van der Waals surface area contributed by atoms with Crippen molar-refractivity contribution < 1.29 is 34.2 Å². The lowest BCUT2D eigenvalue weighted by molar-refractivity contribution is -0.142. The van der Waals surface area contributed by atoms with Crippen LogP contribution >= 0.6 is 0 Å². The molecule has 10 heteroatoms. The number of unbranched alkanes of at least 4 members (excludes halogenated alkanes) is 14. The zero-order valence-corrected chi connectivity index (χ0v) is 24.7. The Morgan fingerprint density at radius 1 is 0.600 bits per heavy atom. The van der Waals surface area contributed by atoms with Gasteiger partial charge in [0.25, 0.3) is 0 Å². The molecular formula is C30H55N3O7. The van der Waals surface area contributed by atoms with Crippen molar-refractivity contribution in [3.8, 4) is 0 Å². The molecule has 0 aromatic carbocycles. The molecule has 0 saturated heterocycles. The molecule has 0 aliphatic carbocycles. The van der Waals surface area contributed by atoms with Gasteiger partial charge in [0.15, 0.2) is 0 Å². The molecule has 0 aliphatic heterocycles. The first-order valence-electron chi connectivity index (χ1n) is 15.4. The van der Waals surface area contributed by atoms with Crippen molar-refractivity contribution in [3.63, 3.8) is 0 Å². The first-order chi connectivity index (χ1) is 19.1. The SMILES string of the molecule is CC(CCCCNC(=O)CCC(NC(=O)CCCCCCCCCCCCCCCCC(=O)O)C(=O)O)C(N)=O. The second kappa shape index (κ2) is 25.3. The van der Waals surface area contributed by atoms with Crippen LogP contribution in [0.5, 0.6) is 0 Å². The summed E-state index contributed by atoms with van der Waals surface area (Å²) in [5.41, 5.74) is 5.22. The predicted octanol–water partition coefficient (Wildman–Crippen LogP) is 5.07. The van der Waals surface area contributed by atoms with Crippen LogP contribution in [0.15, 0.2) is 0 Å². The molecule has 0 aliphatic rings. The molecule has 6 N–H and O–H groups in total. The number of carboxylic acid groups (broad SMARTS) is 2. The summed E-state index contributed by atoms with van der Waals surface area (Å²) in [6.45, 7) is 2.22. The molecule has 0 heterocycles. The van der Waals surface area contributed by atoms with E-state index in [0.717, 1.165) is 51.4 Å². The summed E-state index contributed by atoms with van der Waals surface area (Å²) < 4.78 is 0. The molecule has 0 spiro atoms. The summed E-state index contributed by atoms with van der Waals surface area (Å²) in [4.78, 5) is 57.1. The smallest absolute Gasteiger partial charge is 0.326 e. The molecule has 0 rings (SSSR count). The van der Waals surface area contributed by atoms with E-state index in [9.17, 15) is 29.1 Å². The zero-order chi connectivity index (χ0) is 30.0. The first kappa shape index (κ1) is 37.4. The third-order valence-electron chi connectivity index (χ3n) is 7.21.